The molecule has 0 aliphatic rings. The second-order valence-corrected chi connectivity index (χ2v) is 7.40. The lowest BCUT2D eigenvalue weighted by Gasteiger charge is -2.21. The normalized spacial score (nSPS) is 10.6. The standard InChI is InChI=1S/C22H23N3O4S/c1-3-29-20-10-8-19(9-11-20)25(30(27)28)21-13-18(7-6-16(21)2)22(26)24-15-17-5-4-12-23-14-17/h4-14,30H,3,15H2,1-2H3,(H,24,26). The van der Waals surface area contributed by atoms with Crippen LogP contribution in [0, 0.1) is 6.92 Å². The molecule has 30 heavy (non-hydrogen) atoms. The van der Waals surface area contributed by atoms with Crippen LogP contribution in [0.25, 0.3) is 0 Å². The zero-order chi connectivity index (χ0) is 21.5. The summed E-state index contributed by atoms with van der Waals surface area (Å²) in [7, 11) is -2.97. The van der Waals surface area contributed by atoms with Gasteiger partial charge in [0.2, 0.25) is 10.9 Å². The molecule has 3 rings (SSSR count). The second-order valence-electron chi connectivity index (χ2n) is 6.52. The number of anilines is 2. The van der Waals surface area contributed by atoms with E-state index in [1.54, 1.807) is 67.8 Å². The zero-order valence-corrected chi connectivity index (χ0v) is 17.6. The number of aryl methyl sites for hydroxylation is 1. The summed E-state index contributed by atoms with van der Waals surface area (Å²) in [4.78, 5) is 16.6. The van der Waals surface area contributed by atoms with Crippen molar-refractivity contribution in [2.45, 2.75) is 20.4 Å². The predicted molar refractivity (Wildman–Crippen MR) is 117 cm³/mol. The van der Waals surface area contributed by atoms with Gasteiger partial charge in [0.25, 0.3) is 5.91 Å². The molecule has 1 heterocycles. The van der Waals surface area contributed by atoms with E-state index in [-0.39, 0.29) is 5.91 Å². The quantitative estimate of drug-likeness (QED) is 0.540. The van der Waals surface area contributed by atoms with Gasteiger partial charge in [0.15, 0.2) is 0 Å². The molecule has 1 N–H and O–H groups in total. The first kappa shape index (κ1) is 21.3. The minimum atomic E-state index is -2.97. The van der Waals surface area contributed by atoms with Gasteiger partial charge in [-0.1, -0.05) is 12.1 Å². The average Bonchev–Trinajstić information content (AvgIpc) is 2.75. The predicted octanol–water partition coefficient (Wildman–Crippen LogP) is 3.38. The van der Waals surface area contributed by atoms with Crippen LogP contribution in [0.15, 0.2) is 67.0 Å². The number of aromatic nitrogens is 1. The molecule has 0 radical (unpaired) electrons. The summed E-state index contributed by atoms with van der Waals surface area (Å²) in [5.41, 5.74) is 2.85. The molecule has 0 unspecified atom stereocenters. The van der Waals surface area contributed by atoms with Gasteiger partial charge in [-0.25, -0.2) is 12.7 Å². The first-order valence-electron chi connectivity index (χ1n) is 9.44. The SMILES string of the molecule is CCOc1ccc(N(c2cc(C(=O)NCc3cccnc3)ccc2C)[SH](=O)=O)cc1. The van der Waals surface area contributed by atoms with Crippen LogP contribution in [-0.4, -0.2) is 25.9 Å². The number of amides is 1. The van der Waals surface area contributed by atoms with E-state index in [4.69, 9.17) is 4.74 Å². The topological polar surface area (TPSA) is 88.6 Å². The Labute approximate surface area is 177 Å². The molecule has 1 amide bonds. The monoisotopic (exact) mass is 425 g/mol. The van der Waals surface area contributed by atoms with E-state index in [0.29, 0.717) is 35.8 Å². The molecule has 0 aliphatic heterocycles. The van der Waals surface area contributed by atoms with Crippen LogP contribution in [0.4, 0.5) is 11.4 Å². The highest BCUT2D eigenvalue weighted by molar-refractivity contribution is 7.74. The molecule has 0 saturated heterocycles. The summed E-state index contributed by atoms with van der Waals surface area (Å²) < 4.78 is 30.8. The van der Waals surface area contributed by atoms with Crippen molar-refractivity contribution < 1.29 is 17.9 Å². The van der Waals surface area contributed by atoms with Crippen molar-refractivity contribution in [2.24, 2.45) is 0 Å². The van der Waals surface area contributed by atoms with E-state index in [1.165, 1.54) is 4.31 Å². The molecule has 156 valence electrons. The summed E-state index contributed by atoms with van der Waals surface area (Å²) in [5.74, 6) is 0.357. The summed E-state index contributed by atoms with van der Waals surface area (Å²) >= 11 is 0. The van der Waals surface area contributed by atoms with Crippen LogP contribution in [0.1, 0.15) is 28.4 Å². The number of nitrogens with one attached hydrogen (secondary N) is 1. The Hall–Kier alpha value is -3.39. The molecule has 7 nitrogen and oxygen atoms in total. The number of nitrogens with zero attached hydrogens (tertiary/aromatic N) is 2. The highest BCUT2D eigenvalue weighted by atomic mass is 32.2. The first-order chi connectivity index (χ1) is 14.5. The minimum absolute atomic E-state index is 0.298. The fourth-order valence-electron chi connectivity index (χ4n) is 2.94. The number of hydrogen-bond donors (Lipinski definition) is 2. The van der Waals surface area contributed by atoms with Gasteiger partial charge >= 0.3 is 0 Å². The van der Waals surface area contributed by atoms with E-state index in [9.17, 15) is 13.2 Å². The minimum Gasteiger partial charge on any atom is -0.494 e. The highest BCUT2D eigenvalue weighted by Crippen LogP contribution is 2.31. The number of rotatable bonds is 8. The Bertz CT molecular complexity index is 1080. The van der Waals surface area contributed by atoms with Gasteiger partial charge in [-0.05, 0) is 67.4 Å². The molecule has 3 aromatic rings. The van der Waals surface area contributed by atoms with Crippen LogP contribution < -0.4 is 14.4 Å². The van der Waals surface area contributed by atoms with Crippen LogP contribution in [-0.2, 0) is 17.4 Å². The van der Waals surface area contributed by atoms with Crippen molar-refractivity contribution in [3.05, 3.63) is 83.7 Å². The summed E-state index contributed by atoms with van der Waals surface area (Å²) in [5, 5.41) is 2.83. The number of ether oxygens (including phenoxy) is 1. The molecule has 0 bridgehead atoms. The van der Waals surface area contributed by atoms with Crippen LogP contribution >= 0.6 is 0 Å². The third-order valence-corrected chi connectivity index (χ3v) is 5.20. The van der Waals surface area contributed by atoms with Crippen molar-refractivity contribution >= 4 is 28.2 Å². The number of pyridine rings is 1. The third kappa shape index (κ3) is 5.15. The van der Waals surface area contributed by atoms with E-state index in [2.05, 4.69) is 10.3 Å². The van der Waals surface area contributed by atoms with Crippen molar-refractivity contribution in [1.29, 1.82) is 0 Å². The van der Waals surface area contributed by atoms with Gasteiger partial charge in [-0.15, -0.1) is 0 Å². The smallest absolute Gasteiger partial charge is 0.251 e. The fraction of sp³-hybridized carbons (Fsp3) is 0.182. The molecular formula is C22H23N3O4S. The molecule has 2 aromatic carbocycles. The number of hydrogen-bond acceptors (Lipinski definition) is 5. The van der Waals surface area contributed by atoms with Crippen LogP contribution in [0.2, 0.25) is 0 Å². The second kappa shape index (κ2) is 9.89. The van der Waals surface area contributed by atoms with E-state index in [1.807, 2.05) is 13.0 Å². The number of thiol groups is 1. The van der Waals surface area contributed by atoms with Gasteiger partial charge in [0.1, 0.15) is 5.75 Å². The van der Waals surface area contributed by atoms with Gasteiger partial charge < -0.3 is 10.1 Å². The third-order valence-electron chi connectivity index (χ3n) is 4.43. The number of carbonyl (C=O) groups is 1. The summed E-state index contributed by atoms with van der Waals surface area (Å²) in [6.07, 6.45) is 3.34. The van der Waals surface area contributed by atoms with Gasteiger partial charge in [-0.2, -0.15) is 0 Å². The van der Waals surface area contributed by atoms with Crippen LogP contribution in [0.3, 0.4) is 0 Å². The van der Waals surface area contributed by atoms with Gasteiger partial charge in [-0.3, -0.25) is 9.78 Å². The molecule has 1 aromatic heterocycles. The van der Waals surface area contributed by atoms with Crippen molar-refractivity contribution in [1.82, 2.24) is 10.3 Å². The lowest BCUT2D eigenvalue weighted by atomic mass is 10.1. The van der Waals surface area contributed by atoms with E-state index < -0.39 is 10.9 Å². The van der Waals surface area contributed by atoms with Gasteiger partial charge in [0, 0.05) is 24.5 Å². The van der Waals surface area contributed by atoms with Crippen LogP contribution in [0.5, 0.6) is 5.75 Å². The summed E-state index contributed by atoms with van der Waals surface area (Å²) in [6, 6.07) is 15.4. The molecule has 0 saturated carbocycles. The highest BCUT2D eigenvalue weighted by Gasteiger charge is 2.17. The van der Waals surface area contributed by atoms with E-state index in [0.717, 1.165) is 11.1 Å². The van der Waals surface area contributed by atoms with Crippen molar-refractivity contribution in [3.8, 4) is 5.75 Å². The first-order valence-corrected chi connectivity index (χ1v) is 10.6. The molecule has 0 aliphatic carbocycles. The maximum Gasteiger partial charge on any atom is 0.251 e. The molecule has 0 spiro atoms. The number of benzene rings is 2. The average molecular weight is 426 g/mol. The molecular weight excluding hydrogens is 402 g/mol. The number of carbonyl (C=O) groups excluding carboxylic acids is 1. The zero-order valence-electron chi connectivity index (χ0n) is 16.7. The molecule has 8 heteroatoms. The Morgan fingerprint density at radius 1 is 1.13 bits per heavy atom. The Kier molecular flexibility index (Phi) is 7.03. The summed E-state index contributed by atoms with van der Waals surface area (Å²) in [6.45, 7) is 4.53. The van der Waals surface area contributed by atoms with Gasteiger partial charge in [0.05, 0.1) is 18.0 Å². The largest absolute Gasteiger partial charge is 0.494 e. The Morgan fingerprint density at radius 3 is 2.53 bits per heavy atom. The van der Waals surface area contributed by atoms with Crippen molar-refractivity contribution in [2.75, 3.05) is 10.9 Å². The maximum atomic E-state index is 12.6. The Balaban J connectivity index is 1.86. The Morgan fingerprint density at radius 2 is 1.90 bits per heavy atom. The molecule has 0 fully saturated rings. The molecule has 0 atom stereocenters. The lowest BCUT2D eigenvalue weighted by Crippen LogP contribution is -2.23. The fourth-order valence-corrected chi connectivity index (χ4v) is 3.65. The van der Waals surface area contributed by atoms with E-state index >= 15 is 0 Å². The van der Waals surface area contributed by atoms with Crippen molar-refractivity contribution in [3.63, 3.8) is 0 Å². The lowest BCUT2D eigenvalue weighted by molar-refractivity contribution is 0.0951. The maximum absolute atomic E-state index is 12.6.